The molecule has 0 saturated carbocycles. The van der Waals surface area contributed by atoms with Crippen LogP contribution < -0.4 is 14.9 Å². The number of nitrogens with one attached hydrogen (secondary N) is 1. The molecule has 0 aliphatic heterocycles. The third kappa shape index (κ3) is 7.86. The average molecular weight is 524 g/mol. The van der Waals surface area contributed by atoms with E-state index in [0.29, 0.717) is 38.9 Å². The number of amides is 1. The maximum Gasteiger partial charge on any atom is 0.250 e. The summed E-state index contributed by atoms with van der Waals surface area (Å²) in [6, 6.07) is 18.2. The van der Waals surface area contributed by atoms with E-state index in [1.54, 1.807) is 43.7 Å². The average Bonchev–Trinajstić information content (AvgIpc) is 2.81. The molecule has 0 unspecified atom stereocenters. The fourth-order valence-electron chi connectivity index (χ4n) is 2.75. The first kappa shape index (κ1) is 25.2. The maximum atomic E-state index is 12.0. The minimum absolute atomic E-state index is 0.222. The second-order valence-corrected chi connectivity index (χ2v) is 9.05. The minimum atomic E-state index is -0.227. The van der Waals surface area contributed by atoms with Crippen molar-refractivity contribution in [3.63, 3.8) is 0 Å². The number of carbonyl (C=O) groups excluding carboxylic acids is 1. The fraction of sp³-hybridized carbons (Fsp3) is 0.167. The first-order chi connectivity index (χ1) is 16.0. The number of nitrogens with zero attached hydrogens (tertiary/aromatic N) is 1. The van der Waals surface area contributed by atoms with E-state index < -0.39 is 0 Å². The van der Waals surface area contributed by atoms with Gasteiger partial charge in [0.2, 0.25) is 5.91 Å². The SMILES string of the molecule is COc1cc(/C=N\NC(=O)CSCc2c(Cl)cccc2Cl)ccc1OCc1ccc(Cl)cc1. The fourth-order valence-corrected chi connectivity index (χ4v) is 4.44. The number of carbonyl (C=O) groups is 1. The van der Waals surface area contributed by atoms with Crippen molar-refractivity contribution in [1.29, 1.82) is 0 Å². The van der Waals surface area contributed by atoms with Crippen LogP contribution in [0.25, 0.3) is 0 Å². The molecular formula is C24H21Cl3N2O3S. The number of hydrazone groups is 1. The van der Waals surface area contributed by atoms with Crippen LogP contribution in [0.15, 0.2) is 65.8 Å². The van der Waals surface area contributed by atoms with Crippen LogP contribution in [0.1, 0.15) is 16.7 Å². The van der Waals surface area contributed by atoms with Crippen molar-refractivity contribution >= 4 is 58.7 Å². The molecule has 0 bridgehead atoms. The molecule has 0 saturated heterocycles. The lowest BCUT2D eigenvalue weighted by atomic mass is 10.2. The van der Waals surface area contributed by atoms with Gasteiger partial charge in [-0.05, 0) is 59.2 Å². The standard InChI is InChI=1S/C24H21Cl3N2O3S/c1-31-23-11-17(7-10-22(23)32-13-16-5-8-18(25)9-6-16)12-28-29-24(30)15-33-14-19-20(26)3-2-4-21(19)27/h2-12H,13-15H2,1H3,(H,29,30)/b28-12-. The van der Waals surface area contributed by atoms with Crippen LogP contribution in [0.5, 0.6) is 11.5 Å². The lowest BCUT2D eigenvalue weighted by molar-refractivity contribution is -0.118. The number of rotatable bonds is 10. The smallest absolute Gasteiger partial charge is 0.250 e. The van der Waals surface area contributed by atoms with Gasteiger partial charge in [-0.1, -0.05) is 53.0 Å². The van der Waals surface area contributed by atoms with E-state index in [0.717, 1.165) is 16.7 Å². The van der Waals surface area contributed by atoms with Gasteiger partial charge < -0.3 is 9.47 Å². The predicted molar refractivity (Wildman–Crippen MR) is 137 cm³/mol. The molecule has 3 aromatic carbocycles. The second-order valence-electron chi connectivity index (χ2n) is 6.81. The molecule has 0 aliphatic rings. The number of benzene rings is 3. The van der Waals surface area contributed by atoms with Crippen molar-refractivity contribution < 1.29 is 14.3 Å². The maximum absolute atomic E-state index is 12.0. The molecule has 1 amide bonds. The minimum Gasteiger partial charge on any atom is -0.493 e. The summed E-state index contributed by atoms with van der Waals surface area (Å²) in [5, 5.41) is 5.86. The first-order valence-corrected chi connectivity index (χ1v) is 12.1. The highest BCUT2D eigenvalue weighted by Crippen LogP contribution is 2.29. The van der Waals surface area contributed by atoms with Crippen molar-refractivity contribution in [3.05, 3.63) is 92.4 Å². The largest absolute Gasteiger partial charge is 0.493 e. The Morgan fingerprint density at radius 3 is 2.45 bits per heavy atom. The molecule has 1 N–H and O–H groups in total. The van der Waals surface area contributed by atoms with Crippen molar-refractivity contribution in [2.75, 3.05) is 12.9 Å². The highest BCUT2D eigenvalue weighted by atomic mass is 35.5. The molecule has 3 rings (SSSR count). The zero-order chi connectivity index (χ0) is 23.6. The lowest BCUT2D eigenvalue weighted by Crippen LogP contribution is -2.19. The van der Waals surface area contributed by atoms with Crippen LogP contribution in [0.2, 0.25) is 15.1 Å². The van der Waals surface area contributed by atoms with Crippen LogP contribution in [0.4, 0.5) is 0 Å². The van der Waals surface area contributed by atoms with Gasteiger partial charge in [0, 0.05) is 20.8 Å². The van der Waals surface area contributed by atoms with Gasteiger partial charge in [-0.2, -0.15) is 5.10 Å². The molecule has 9 heteroatoms. The predicted octanol–water partition coefficient (Wildman–Crippen LogP) is 6.62. The summed E-state index contributed by atoms with van der Waals surface area (Å²) < 4.78 is 11.3. The van der Waals surface area contributed by atoms with Gasteiger partial charge in [0.25, 0.3) is 0 Å². The summed E-state index contributed by atoms with van der Waals surface area (Å²) in [5.74, 6) is 1.69. The van der Waals surface area contributed by atoms with Gasteiger partial charge in [-0.3, -0.25) is 4.79 Å². The van der Waals surface area contributed by atoms with Gasteiger partial charge in [0.05, 0.1) is 19.1 Å². The summed E-state index contributed by atoms with van der Waals surface area (Å²) in [6.07, 6.45) is 1.54. The number of methoxy groups -OCH3 is 1. The van der Waals surface area contributed by atoms with E-state index in [1.165, 1.54) is 11.8 Å². The topological polar surface area (TPSA) is 59.9 Å². The highest BCUT2D eigenvalue weighted by Gasteiger charge is 2.08. The Labute approximate surface area is 212 Å². The first-order valence-electron chi connectivity index (χ1n) is 9.84. The number of thioether (sulfide) groups is 1. The van der Waals surface area contributed by atoms with Gasteiger partial charge in [-0.15, -0.1) is 11.8 Å². The van der Waals surface area contributed by atoms with E-state index in [2.05, 4.69) is 10.5 Å². The van der Waals surface area contributed by atoms with E-state index in [9.17, 15) is 4.79 Å². The molecule has 5 nitrogen and oxygen atoms in total. The van der Waals surface area contributed by atoms with Crippen molar-refractivity contribution in [1.82, 2.24) is 5.43 Å². The van der Waals surface area contributed by atoms with Crippen molar-refractivity contribution in [2.24, 2.45) is 5.10 Å². The van der Waals surface area contributed by atoms with E-state index in [-0.39, 0.29) is 11.7 Å². The quantitative estimate of drug-likeness (QED) is 0.240. The molecule has 0 radical (unpaired) electrons. The van der Waals surface area contributed by atoms with Gasteiger partial charge >= 0.3 is 0 Å². The summed E-state index contributed by atoms with van der Waals surface area (Å²) in [6.45, 7) is 0.383. The number of halogens is 3. The number of ether oxygens (including phenoxy) is 2. The zero-order valence-corrected chi connectivity index (χ0v) is 20.8. The summed E-state index contributed by atoms with van der Waals surface area (Å²) in [4.78, 5) is 12.0. The van der Waals surface area contributed by atoms with Crippen molar-refractivity contribution in [2.45, 2.75) is 12.4 Å². The molecule has 33 heavy (non-hydrogen) atoms. The Bertz CT molecular complexity index is 1100. The van der Waals surface area contributed by atoms with E-state index in [1.807, 2.05) is 30.3 Å². The Balaban J connectivity index is 1.48. The summed E-state index contributed by atoms with van der Waals surface area (Å²) >= 11 is 19.6. The molecular weight excluding hydrogens is 503 g/mol. The van der Waals surface area contributed by atoms with Gasteiger partial charge in [0.1, 0.15) is 6.61 Å². The Hall–Kier alpha value is -2.38. The molecule has 0 fully saturated rings. The molecule has 3 aromatic rings. The Kier molecular flexibility index (Phi) is 9.76. The third-order valence-electron chi connectivity index (χ3n) is 4.44. The van der Waals surface area contributed by atoms with Gasteiger partial charge in [0.15, 0.2) is 11.5 Å². The molecule has 0 aromatic heterocycles. The van der Waals surface area contributed by atoms with E-state index >= 15 is 0 Å². The molecule has 172 valence electrons. The highest BCUT2D eigenvalue weighted by molar-refractivity contribution is 7.99. The molecule has 0 spiro atoms. The van der Waals surface area contributed by atoms with Crippen LogP contribution in [-0.4, -0.2) is 25.0 Å². The molecule has 0 aliphatic carbocycles. The van der Waals surface area contributed by atoms with Crippen LogP contribution in [-0.2, 0) is 17.2 Å². The Morgan fingerprint density at radius 2 is 1.76 bits per heavy atom. The number of hydrogen-bond donors (Lipinski definition) is 1. The lowest BCUT2D eigenvalue weighted by Gasteiger charge is -2.11. The Morgan fingerprint density at radius 1 is 1.03 bits per heavy atom. The van der Waals surface area contributed by atoms with Crippen LogP contribution in [0.3, 0.4) is 0 Å². The normalized spacial score (nSPS) is 10.9. The monoisotopic (exact) mass is 522 g/mol. The van der Waals surface area contributed by atoms with Crippen LogP contribution >= 0.6 is 46.6 Å². The summed E-state index contributed by atoms with van der Waals surface area (Å²) in [7, 11) is 1.57. The number of hydrogen-bond acceptors (Lipinski definition) is 5. The van der Waals surface area contributed by atoms with Gasteiger partial charge in [-0.25, -0.2) is 5.43 Å². The third-order valence-corrected chi connectivity index (χ3v) is 6.36. The second kappa shape index (κ2) is 12.8. The van der Waals surface area contributed by atoms with Crippen molar-refractivity contribution in [3.8, 4) is 11.5 Å². The van der Waals surface area contributed by atoms with E-state index in [4.69, 9.17) is 44.3 Å². The van der Waals surface area contributed by atoms with Crippen LogP contribution in [0, 0.1) is 0 Å². The molecule has 0 heterocycles. The summed E-state index contributed by atoms with van der Waals surface area (Å²) in [5.41, 5.74) is 5.07. The molecule has 0 atom stereocenters. The zero-order valence-electron chi connectivity index (χ0n) is 17.7.